The molecule has 0 spiro atoms. The van der Waals surface area contributed by atoms with Crippen LogP contribution in [0.3, 0.4) is 0 Å². The van der Waals surface area contributed by atoms with Gasteiger partial charge in [0.1, 0.15) is 5.75 Å². The van der Waals surface area contributed by atoms with Gasteiger partial charge in [-0.05, 0) is 18.6 Å². The monoisotopic (exact) mass is 277 g/mol. The first-order valence-electron chi connectivity index (χ1n) is 6.62. The summed E-state index contributed by atoms with van der Waals surface area (Å²) in [5.41, 5.74) is 6.87. The molecular formula is C13H17N4O3+. The first-order chi connectivity index (χ1) is 9.79. The third-order valence-corrected chi connectivity index (χ3v) is 3.17. The van der Waals surface area contributed by atoms with Gasteiger partial charge in [-0.25, -0.2) is 5.48 Å². The van der Waals surface area contributed by atoms with E-state index in [1.807, 2.05) is 29.2 Å². The summed E-state index contributed by atoms with van der Waals surface area (Å²) in [6.07, 6.45) is 0.941. The largest absolute Gasteiger partial charge is 0.491 e. The molecule has 0 unspecified atom stereocenters. The van der Waals surface area contributed by atoms with E-state index in [4.69, 9.17) is 9.68 Å². The van der Waals surface area contributed by atoms with Gasteiger partial charge in [-0.2, -0.15) is 0 Å². The summed E-state index contributed by atoms with van der Waals surface area (Å²) in [7, 11) is 0. The number of para-hydroxylation sites is 2. The Kier molecular flexibility index (Phi) is 3.42. The molecule has 0 atom stereocenters. The molecule has 0 aliphatic carbocycles. The number of hydrogen-bond donors (Lipinski definition) is 2. The number of nitrogens with one attached hydrogen (secondary N) is 2. The van der Waals surface area contributed by atoms with E-state index in [0.29, 0.717) is 19.0 Å². The lowest BCUT2D eigenvalue weighted by Crippen LogP contribution is -2.40. The van der Waals surface area contributed by atoms with E-state index in [1.54, 1.807) is 0 Å². The summed E-state index contributed by atoms with van der Waals surface area (Å²) in [6.45, 7) is 3.51. The molecule has 0 bridgehead atoms. The molecule has 2 aliphatic heterocycles. The molecule has 0 saturated heterocycles. The minimum atomic E-state index is 0.226. The van der Waals surface area contributed by atoms with Gasteiger partial charge >= 0.3 is 5.82 Å². The minimum absolute atomic E-state index is 0.226. The van der Waals surface area contributed by atoms with Gasteiger partial charge in [-0.1, -0.05) is 34.4 Å². The van der Waals surface area contributed by atoms with Gasteiger partial charge in [-0.3, -0.25) is 0 Å². The fraction of sp³-hybridized carbons (Fsp3) is 0.385. The average molecular weight is 277 g/mol. The Morgan fingerprint density at radius 3 is 3.10 bits per heavy atom. The van der Waals surface area contributed by atoms with Crippen molar-refractivity contribution in [2.45, 2.75) is 13.3 Å². The predicted octanol–water partition coefficient (Wildman–Crippen LogP) is 1.24. The van der Waals surface area contributed by atoms with Crippen molar-refractivity contribution in [1.82, 2.24) is 11.0 Å². The molecule has 0 radical (unpaired) electrons. The zero-order valence-electron chi connectivity index (χ0n) is 11.3. The highest BCUT2D eigenvalue weighted by Crippen LogP contribution is 2.30. The molecule has 0 aromatic heterocycles. The summed E-state index contributed by atoms with van der Waals surface area (Å²) in [5, 5.41) is 0. The van der Waals surface area contributed by atoms with E-state index in [0.717, 1.165) is 28.3 Å². The van der Waals surface area contributed by atoms with Crippen LogP contribution in [0.4, 0.5) is 5.69 Å². The summed E-state index contributed by atoms with van der Waals surface area (Å²) >= 11 is 0. The van der Waals surface area contributed by atoms with Crippen LogP contribution in [0.15, 0.2) is 35.8 Å². The van der Waals surface area contributed by atoms with Crippen LogP contribution in [0.2, 0.25) is 0 Å². The van der Waals surface area contributed by atoms with Gasteiger partial charge in [0, 0.05) is 4.76 Å². The zero-order valence-corrected chi connectivity index (χ0v) is 11.3. The normalized spacial score (nSPS) is 17.6. The molecule has 0 fully saturated rings. The van der Waals surface area contributed by atoms with Crippen LogP contribution in [0.1, 0.15) is 13.3 Å². The van der Waals surface area contributed by atoms with Crippen molar-refractivity contribution < 1.29 is 14.4 Å². The molecule has 7 nitrogen and oxygen atoms in total. The molecule has 1 aromatic carbocycles. The van der Waals surface area contributed by atoms with Crippen molar-refractivity contribution in [2.75, 3.05) is 24.7 Å². The fourth-order valence-electron chi connectivity index (χ4n) is 2.23. The lowest BCUT2D eigenvalue weighted by atomic mass is 10.2. The van der Waals surface area contributed by atoms with Crippen LogP contribution >= 0.6 is 0 Å². The Balaban J connectivity index is 1.85. The highest BCUT2D eigenvalue weighted by atomic mass is 16.8. The lowest BCUT2D eigenvalue weighted by Gasteiger charge is -2.26. The van der Waals surface area contributed by atoms with Crippen LogP contribution in [-0.4, -0.2) is 24.6 Å². The molecule has 106 valence electrons. The van der Waals surface area contributed by atoms with Gasteiger partial charge < -0.3 is 9.64 Å². The zero-order chi connectivity index (χ0) is 13.9. The maximum Gasteiger partial charge on any atom is 0.371 e. The molecule has 20 heavy (non-hydrogen) atoms. The highest BCUT2D eigenvalue weighted by Gasteiger charge is 2.36. The van der Waals surface area contributed by atoms with E-state index < -0.39 is 0 Å². The van der Waals surface area contributed by atoms with Gasteiger partial charge in [0.15, 0.2) is 5.70 Å². The van der Waals surface area contributed by atoms with Crippen molar-refractivity contribution >= 4 is 5.69 Å². The van der Waals surface area contributed by atoms with Gasteiger partial charge in [-0.15, -0.1) is 0 Å². The minimum Gasteiger partial charge on any atom is -0.491 e. The van der Waals surface area contributed by atoms with E-state index in [2.05, 4.69) is 17.9 Å². The predicted molar refractivity (Wildman–Crippen MR) is 72.5 cm³/mol. The van der Waals surface area contributed by atoms with E-state index in [-0.39, 0.29) is 6.67 Å². The number of nitrogens with zero attached hydrogens (tertiary/aromatic N) is 2. The van der Waals surface area contributed by atoms with Gasteiger partial charge in [0.25, 0.3) is 0 Å². The average Bonchev–Trinajstić information content (AvgIpc) is 2.94. The van der Waals surface area contributed by atoms with Crippen molar-refractivity contribution in [3.05, 3.63) is 40.7 Å². The summed E-state index contributed by atoms with van der Waals surface area (Å²) in [6, 6.07) is 7.73. The number of benzene rings is 1. The molecule has 1 aromatic rings. The molecule has 0 amide bonds. The van der Waals surface area contributed by atoms with E-state index in [9.17, 15) is 4.91 Å². The molecule has 3 rings (SSSR count). The molecule has 2 aliphatic rings. The Hall–Kier alpha value is -2.28. The third-order valence-electron chi connectivity index (χ3n) is 3.17. The van der Waals surface area contributed by atoms with E-state index in [1.165, 1.54) is 0 Å². The van der Waals surface area contributed by atoms with Crippen LogP contribution in [-0.2, 0) is 4.94 Å². The quantitative estimate of drug-likeness (QED) is 0.807. The lowest BCUT2D eigenvalue weighted by molar-refractivity contribution is -0.511. The maximum atomic E-state index is 12.0. The summed E-state index contributed by atoms with van der Waals surface area (Å²) in [5.74, 6) is 1.23. The number of rotatable bonds is 4. The number of anilines is 1. The second-order valence-electron chi connectivity index (χ2n) is 4.67. The topological polar surface area (TPSA) is 65.8 Å². The summed E-state index contributed by atoms with van der Waals surface area (Å²) in [4.78, 5) is 18.8. The first kappa shape index (κ1) is 12.7. The standard InChI is InChI=1S/C13H17N4O3/c1-2-7-19-12-6-4-3-5-11(12)16-8-10-13(15-20-14-10)17(18)9-16/h3-6,14-15H,2,7-9H2,1H3/q+1. The van der Waals surface area contributed by atoms with Crippen LogP contribution < -0.4 is 20.6 Å². The Labute approximate surface area is 116 Å². The SMILES string of the molecule is CCCOc1ccccc1N1CC2=C(NON2)[N+](=O)C1. The van der Waals surface area contributed by atoms with E-state index >= 15 is 0 Å². The van der Waals surface area contributed by atoms with Crippen molar-refractivity contribution in [3.63, 3.8) is 0 Å². The van der Waals surface area contributed by atoms with Crippen LogP contribution in [0.25, 0.3) is 0 Å². The number of hydroxylamine groups is 2. The van der Waals surface area contributed by atoms with Crippen LogP contribution in [0, 0.1) is 4.91 Å². The molecule has 2 heterocycles. The highest BCUT2D eigenvalue weighted by molar-refractivity contribution is 5.59. The maximum absolute atomic E-state index is 12.0. The Bertz CT molecular complexity index is 558. The molecule has 2 N–H and O–H groups in total. The summed E-state index contributed by atoms with van der Waals surface area (Å²) < 4.78 is 6.60. The van der Waals surface area contributed by atoms with Gasteiger partial charge in [0.05, 0.1) is 18.8 Å². The Morgan fingerprint density at radius 1 is 1.40 bits per heavy atom. The number of hydrogen-bond acceptors (Lipinski definition) is 6. The smallest absolute Gasteiger partial charge is 0.371 e. The number of nitroso groups, excluding NO2 is 1. The van der Waals surface area contributed by atoms with Crippen molar-refractivity contribution in [3.8, 4) is 5.75 Å². The fourth-order valence-corrected chi connectivity index (χ4v) is 2.23. The second-order valence-corrected chi connectivity index (χ2v) is 4.67. The first-order valence-corrected chi connectivity index (χ1v) is 6.62. The Morgan fingerprint density at radius 2 is 2.25 bits per heavy atom. The second kappa shape index (κ2) is 5.38. The van der Waals surface area contributed by atoms with Crippen molar-refractivity contribution in [2.24, 2.45) is 0 Å². The van der Waals surface area contributed by atoms with Gasteiger partial charge in [0.2, 0.25) is 6.67 Å². The molecule has 7 heteroatoms. The third kappa shape index (κ3) is 2.27. The van der Waals surface area contributed by atoms with Crippen LogP contribution in [0.5, 0.6) is 5.75 Å². The number of ether oxygens (including phenoxy) is 1. The van der Waals surface area contributed by atoms with Crippen molar-refractivity contribution in [1.29, 1.82) is 0 Å². The molecule has 0 saturated carbocycles. The molecular weight excluding hydrogens is 260 g/mol.